The smallest absolute Gasteiger partial charge is 0.326 e. The number of nitrogens with zero attached hydrogens (tertiary/aromatic N) is 1. The van der Waals surface area contributed by atoms with Crippen LogP contribution in [0.1, 0.15) is 6.92 Å². The Kier molecular flexibility index (Phi) is 6.15. The summed E-state index contributed by atoms with van der Waals surface area (Å²) < 4.78 is 5.04. The molecule has 1 aromatic carbocycles. The van der Waals surface area contributed by atoms with Gasteiger partial charge in [0.05, 0.1) is 0 Å². The van der Waals surface area contributed by atoms with Gasteiger partial charge in [0.2, 0.25) is 0 Å². The number of carbonyl (C=O) groups excluding carboxylic acids is 3. The first-order valence-corrected chi connectivity index (χ1v) is 8.47. The quantitative estimate of drug-likeness (QED) is 0.799. The molecule has 0 spiro atoms. The van der Waals surface area contributed by atoms with Gasteiger partial charge in [0.1, 0.15) is 6.54 Å². The van der Waals surface area contributed by atoms with Crippen LogP contribution in [0.15, 0.2) is 18.2 Å². The second kappa shape index (κ2) is 7.90. The molecule has 6 nitrogen and oxygen atoms in total. The van der Waals surface area contributed by atoms with Gasteiger partial charge in [0.15, 0.2) is 6.10 Å². The Hall–Kier alpha value is -1.44. The average Bonchev–Trinajstić information content (AvgIpc) is 2.82. The van der Waals surface area contributed by atoms with E-state index in [4.69, 9.17) is 27.9 Å². The fraction of sp³-hybridized carbons (Fsp3) is 0.357. The normalized spacial score (nSPS) is 15.4. The van der Waals surface area contributed by atoms with Crippen LogP contribution in [-0.4, -0.2) is 47.0 Å². The van der Waals surface area contributed by atoms with Crippen molar-refractivity contribution in [3.8, 4) is 0 Å². The van der Waals surface area contributed by atoms with Gasteiger partial charge in [-0.2, -0.15) is 0 Å². The van der Waals surface area contributed by atoms with E-state index >= 15 is 0 Å². The highest BCUT2D eigenvalue weighted by molar-refractivity contribution is 8.13. The summed E-state index contributed by atoms with van der Waals surface area (Å²) in [6.45, 7) is 1.78. The zero-order valence-electron chi connectivity index (χ0n) is 12.2. The Bertz CT molecular complexity index is 621. The topological polar surface area (TPSA) is 75.7 Å². The summed E-state index contributed by atoms with van der Waals surface area (Å²) in [4.78, 5) is 36.6. The number of halogens is 2. The predicted molar refractivity (Wildman–Crippen MR) is 90.1 cm³/mol. The van der Waals surface area contributed by atoms with Crippen molar-refractivity contribution < 1.29 is 19.1 Å². The van der Waals surface area contributed by atoms with Crippen LogP contribution in [0.3, 0.4) is 0 Å². The Balaban J connectivity index is 1.86. The number of rotatable bonds is 5. The largest absolute Gasteiger partial charge is 0.451 e. The second-order valence-corrected chi connectivity index (χ2v) is 6.73. The number of amides is 2. The van der Waals surface area contributed by atoms with Gasteiger partial charge in [-0.15, -0.1) is 0 Å². The number of thioether (sulfide) groups is 1. The van der Waals surface area contributed by atoms with E-state index in [1.807, 2.05) is 0 Å². The van der Waals surface area contributed by atoms with Crippen molar-refractivity contribution in [3.63, 3.8) is 0 Å². The highest BCUT2D eigenvalue weighted by atomic mass is 35.5. The molecule has 2 amide bonds. The van der Waals surface area contributed by atoms with Crippen LogP contribution in [0.2, 0.25) is 10.0 Å². The third-order valence-corrected chi connectivity index (χ3v) is 4.30. The fourth-order valence-corrected chi connectivity index (χ4v) is 3.23. The minimum Gasteiger partial charge on any atom is -0.451 e. The number of hydrogen-bond donors (Lipinski definition) is 1. The number of ether oxygens (including phenoxy) is 1. The molecule has 1 saturated heterocycles. The minimum atomic E-state index is -1.01. The number of carbonyl (C=O) groups is 3. The maximum absolute atomic E-state index is 12.0. The van der Waals surface area contributed by atoms with E-state index < -0.39 is 18.0 Å². The number of hydrogen-bond acceptors (Lipinski definition) is 5. The molecule has 1 atom stereocenters. The van der Waals surface area contributed by atoms with Gasteiger partial charge in [-0.05, 0) is 25.1 Å². The van der Waals surface area contributed by atoms with E-state index in [-0.39, 0.29) is 11.8 Å². The first-order valence-electron chi connectivity index (χ1n) is 6.73. The molecule has 0 unspecified atom stereocenters. The Morgan fingerprint density at radius 1 is 1.35 bits per heavy atom. The molecule has 0 aromatic heterocycles. The van der Waals surface area contributed by atoms with E-state index in [2.05, 4.69) is 5.32 Å². The van der Waals surface area contributed by atoms with Crippen LogP contribution in [-0.2, 0) is 14.3 Å². The van der Waals surface area contributed by atoms with Crippen LogP contribution in [0.5, 0.6) is 0 Å². The van der Waals surface area contributed by atoms with Crippen molar-refractivity contribution >= 4 is 57.8 Å². The zero-order chi connectivity index (χ0) is 17.0. The van der Waals surface area contributed by atoms with E-state index in [9.17, 15) is 14.4 Å². The Morgan fingerprint density at radius 3 is 2.57 bits per heavy atom. The lowest BCUT2D eigenvalue weighted by Crippen LogP contribution is -2.36. The van der Waals surface area contributed by atoms with Gasteiger partial charge < -0.3 is 15.0 Å². The third-order valence-electron chi connectivity index (χ3n) is 2.97. The Labute approximate surface area is 147 Å². The number of anilines is 1. The lowest BCUT2D eigenvalue weighted by molar-refractivity contribution is -0.153. The zero-order valence-corrected chi connectivity index (χ0v) is 14.5. The number of esters is 1. The predicted octanol–water partition coefficient (Wildman–Crippen LogP) is 3.03. The average molecular weight is 377 g/mol. The fourth-order valence-electron chi connectivity index (χ4n) is 1.88. The molecular formula is C14H14Cl2N2O4S. The van der Waals surface area contributed by atoms with Crippen LogP contribution < -0.4 is 5.32 Å². The van der Waals surface area contributed by atoms with Crippen molar-refractivity contribution in [3.05, 3.63) is 28.2 Å². The van der Waals surface area contributed by atoms with Crippen LogP contribution >= 0.6 is 35.0 Å². The monoisotopic (exact) mass is 376 g/mol. The molecule has 1 aromatic rings. The molecule has 23 heavy (non-hydrogen) atoms. The lowest BCUT2D eigenvalue weighted by Gasteiger charge is -2.17. The summed E-state index contributed by atoms with van der Waals surface area (Å²) in [6.07, 6.45) is -1.01. The van der Waals surface area contributed by atoms with Gasteiger partial charge in [-0.3, -0.25) is 14.4 Å². The van der Waals surface area contributed by atoms with E-state index in [1.54, 1.807) is 0 Å². The van der Waals surface area contributed by atoms with Crippen molar-refractivity contribution in [2.45, 2.75) is 13.0 Å². The van der Waals surface area contributed by atoms with Gasteiger partial charge in [-0.1, -0.05) is 35.0 Å². The van der Waals surface area contributed by atoms with Crippen molar-refractivity contribution in [1.82, 2.24) is 4.90 Å². The van der Waals surface area contributed by atoms with Crippen LogP contribution in [0.25, 0.3) is 0 Å². The molecule has 124 valence electrons. The Morgan fingerprint density at radius 2 is 2.00 bits per heavy atom. The van der Waals surface area contributed by atoms with Crippen LogP contribution in [0, 0.1) is 0 Å². The van der Waals surface area contributed by atoms with E-state index in [1.165, 1.54) is 30.0 Å². The van der Waals surface area contributed by atoms with E-state index in [0.717, 1.165) is 11.8 Å². The lowest BCUT2D eigenvalue weighted by atomic mass is 10.3. The van der Waals surface area contributed by atoms with Gasteiger partial charge in [0, 0.05) is 28.0 Å². The third kappa shape index (κ3) is 5.30. The molecule has 0 aliphatic carbocycles. The summed E-state index contributed by atoms with van der Waals surface area (Å²) in [5, 5.41) is 3.16. The van der Waals surface area contributed by atoms with Crippen molar-refractivity contribution in [1.29, 1.82) is 0 Å². The molecule has 1 N–H and O–H groups in total. The number of benzene rings is 1. The molecule has 9 heteroatoms. The standard InChI is InChI=1S/C14H14Cl2N2O4S/c1-8(22-12(19)7-18-2-3-23-14(18)21)13(20)17-11-5-9(15)4-10(16)6-11/h4-6,8H,2-3,7H2,1H3,(H,17,20)/t8-/m0/s1. The summed E-state index contributed by atoms with van der Waals surface area (Å²) in [5.41, 5.74) is 0.404. The van der Waals surface area contributed by atoms with Gasteiger partial charge >= 0.3 is 5.97 Å². The summed E-state index contributed by atoms with van der Waals surface area (Å²) in [5.74, 6) is -0.496. The highest BCUT2D eigenvalue weighted by Crippen LogP contribution is 2.22. The molecular weight excluding hydrogens is 363 g/mol. The minimum absolute atomic E-state index is 0.160. The van der Waals surface area contributed by atoms with Crippen LogP contribution in [0.4, 0.5) is 10.5 Å². The van der Waals surface area contributed by atoms with Crippen molar-refractivity contribution in [2.75, 3.05) is 24.2 Å². The molecule has 1 fully saturated rings. The molecule has 1 heterocycles. The maximum atomic E-state index is 12.0. The van der Waals surface area contributed by atoms with E-state index in [0.29, 0.717) is 28.0 Å². The highest BCUT2D eigenvalue weighted by Gasteiger charge is 2.26. The molecule has 1 aliphatic heterocycles. The summed E-state index contributed by atoms with van der Waals surface area (Å²) in [7, 11) is 0. The van der Waals surface area contributed by atoms with Crippen molar-refractivity contribution in [2.24, 2.45) is 0 Å². The summed E-state index contributed by atoms with van der Waals surface area (Å²) in [6, 6.07) is 4.59. The molecule has 1 aliphatic rings. The SMILES string of the molecule is C[C@H](OC(=O)CN1CCSC1=O)C(=O)Nc1cc(Cl)cc(Cl)c1. The first-order chi connectivity index (χ1) is 10.8. The summed E-state index contributed by atoms with van der Waals surface area (Å²) >= 11 is 12.8. The molecule has 0 saturated carbocycles. The van der Waals surface area contributed by atoms with Gasteiger partial charge in [0.25, 0.3) is 11.1 Å². The van der Waals surface area contributed by atoms with Gasteiger partial charge in [-0.25, -0.2) is 0 Å². The second-order valence-electron chi connectivity index (χ2n) is 4.82. The molecule has 0 radical (unpaired) electrons. The number of nitrogens with one attached hydrogen (secondary N) is 1. The maximum Gasteiger partial charge on any atom is 0.326 e. The molecule has 2 rings (SSSR count). The molecule has 0 bridgehead atoms. The first kappa shape index (κ1) is 17.9.